The van der Waals surface area contributed by atoms with Gasteiger partial charge >= 0.3 is 0 Å². The standard InChI is InChI=1S/C27H27F4N3O3S/c1-19(35)34-11-5-10-32(17-20-6-3-2-4-7-20)12-13-33(18-21-14-23(29)24(30)16-26(21)34)38(36,37)27-9-8-22(28)15-25(27)31/h2-4,6-9,14-16H,5,10-13,17-18H2,1H3. The zero-order valence-corrected chi connectivity index (χ0v) is 21.5. The molecule has 0 atom stereocenters. The number of nitrogens with zero attached hydrogens (tertiary/aromatic N) is 3. The van der Waals surface area contributed by atoms with Crippen molar-refractivity contribution in [1.82, 2.24) is 9.21 Å². The molecule has 4 rings (SSSR count). The summed E-state index contributed by atoms with van der Waals surface area (Å²) in [4.78, 5) is 15.1. The van der Waals surface area contributed by atoms with E-state index in [1.807, 2.05) is 35.2 Å². The first-order valence-corrected chi connectivity index (χ1v) is 13.5. The van der Waals surface area contributed by atoms with E-state index in [0.717, 1.165) is 34.1 Å². The normalized spacial score (nSPS) is 16.1. The number of benzene rings is 3. The summed E-state index contributed by atoms with van der Waals surface area (Å²) < 4.78 is 84.9. The van der Waals surface area contributed by atoms with E-state index >= 15 is 0 Å². The largest absolute Gasteiger partial charge is 0.312 e. The van der Waals surface area contributed by atoms with Gasteiger partial charge in [-0.1, -0.05) is 30.3 Å². The summed E-state index contributed by atoms with van der Waals surface area (Å²) in [6.07, 6.45) is 0.476. The molecule has 6 nitrogen and oxygen atoms in total. The summed E-state index contributed by atoms with van der Waals surface area (Å²) in [7, 11) is -4.54. The molecule has 3 aromatic rings. The first-order chi connectivity index (χ1) is 18.1. The lowest BCUT2D eigenvalue weighted by Gasteiger charge is -2.27. The highest BCUT2D eigenvalue weighted by molar-refractivity contribution is 7.89. The molecule has 0 aromatic heterocycles. The van der Waals surface area contributed by atoms with Crippen LogP contribution in [0.15, 0.2) is 65.6 Å². The number of rotatable bonds is 4. The highest BCUT2D eigenvalue weighted by Crippen LogP contribution is 2.30. The molecule has 0 radical (unpaired) electrons. The Morgan fingerprint density at radius 2 is 1.55 bits per heavy atom. The van der Waals surface area contributed by atoms with Crippen LogP contribution in [0.25, 0.3) is 0 Å². The predicted octanol–water partition coefficient (Wildman–Crippen LogP) is 4.69. The first kappa shape index (κ1) is 27.7. The molecule has 11 heteroatoms. The topological polar surface area (TPSA) is 60.9 Å². The number of anilines is 1. The van der Waals surface area contributed by atoms with Crippen molar-refractivity contribution in [2.24, 2.45) is 0 Å². The highest BCUT2D eigenvalue weighted by Gasteiger charge is 2.31. The number of fused-ring (bicyclic) bond motifs is 1. The van der Waals surface area contributed by atoms with Crippen LogP contribution in [0.5, 0.6) is 0 Å². The van der Waals surface area contributed by atoms with Gasteiger partial charge in [0.1, 0.15) is 16.5 Å². The van der Waals surface area contributed by atoms with Gasteiger partial charge in [-0.2, -0.15) is 4.31 Å². The van der Waals surface area contributed by atoms with E-state index in [4.69, 9.17) is 0 Å². The second kappa shape index (κ2) is 11.6. The Morgan fingerprint density at radius 3 is 2.24 bits per heavy atom. The molecule has 38 heavy (non-hydrogen) atoms. The van der Waals surface area contributed by atoms with Gasteiger partial charge in [0.25, 0.3) is 0 Å². The average molecular weight is 550 g/mol. The van der Waals surface area contributed by atoms with Crippen molar-refractivity contribution < 1.29 is 30.8 Å². The van der Waals surface area contributed by atoms with Gasteiger partial charge in [-0.25, -0.2) is 26.0 Å². The van der Waals surface area contributed by atoms with E-state index in [-0.39, 0.29) is 30.9 Å². The number of amides is 1. The SMILES string of the molecule is CC(=O)N1CCCN(Cc2ccccc2)CCN(S(=O)(=O)c2ccc(F)cc2F)Cc2cc(F)c(F)cc21. The lowest BCUT2D eigenvalue weighted by atomic mass is 10.1. The second-order valence-corrected chi connectivity index (χ2v) is 11.0. The number of sulfonamides is 1. The number of carbonyl (C=O) groups is 1. The third kappa shape index (κ3) is 6.23. The third-order valence-corrected chi connectivity index (χ3v) is 8.30. The molecular weight excluding hydrogens is 522 g/mol. The lowest BCUT2D eigenvalue weighted by molar-refractivity contribution is -0.116. The molecule has 0 spiro atoms. The molecule has 0 fully saturated rings. The van der Waals surface area contributed by atoms with Crippen LogP contribution < -0.4 is 4.90 Å². The minimum Gasteiger partial charge on any atom is -0.312 e. The zero-order chi connectivity index (χ0) is 27.4. The molecule has 1 heterocycles. The van der Waals surface area contributed by atoms with Crippen LogP contribution in [0.4, 0.5) is 23.2 Å². The molecule has 1 aliphatic rings. The summed E-state index contributed by atoms with van der Waals surface area (Å²) in [5, 5.41) is 0. The van der Waals surface area contributed by atoms with Crippen molar-refractivity contribution in [1.29, 1.82) is 0 Å². The Morgan fingerprint density at radius 1 is 0.842 bits per heavy atom. The monoisotopic (exact) mass is 549 g/mol. The van der Waals surface area contributed by atoms with Crippen molar-refractivity contribution in [2.75, 3.05) is 31.1 Å². The average Bonchev–Trinajstić information content (AvgIpc) is 2.89. The van der Waals surface area contributed by atoms with Crippen molar-refractivity contribution in [3.63, 3.8) is 0 Å². The van der Waals surface area contributed by atoms with Gasteiger partial charge in [0.15, 0.2) is 11.6 Å². The minimum atomic E-state index is -4.54. The quantitative estimate of drug-likeness (QED) is 0.443. The molecular formula is C27H27F4N3O3S. The fraction of sp³-hybridized carbons (Fsp3) is 0.296. The Balaban J connectivity index is 1.79. The predicted molar refractivity (Wildman–Crippen MR) is 135 cm³/mol. The Hall–Kier alpha value is -3.28. The van der Waals surface area contributed by atoms with Crippen LogP contribution in [-0.2, 0) is 27.9 Å². The number of carbonyl (C=O) groups excluding carboxylic acids is 1. The first-order valence-electron chi connectivity index (χ1n) is 12.0. The second-order valence-electron chi connectivity index (χ2n) is 9.09. The van der Waals surface area contributed by atoms with Gasteiger partial charge in [0, 0.05) is 58.3 Å². The Kier molecular flexibility index (Phi) is 8.49. The molecule has 1 amide bonds. The van der Waals surface area contributed by atoms with Crippen LogP contribution in [0.2, 0.25) is 0 Å². The maximum Gasteiger partial charge on any atom is 0.246 e. The van der Waals surface area contributed by atoms with Gasteiger partial charge in [-0.05, 0) is 35.7 Å². The van der Waals surface area contributed by atoms with Crippen molar-refractivity contribution in [3.8, 4) is 0 Å². The Labute approximate surface area is 219 Å². The van der Waals surface area contributed by atoms with E-state index in [1.54, 1.807) is 0 Å². The van der Waals surface area contributed by atoms with Crippen molar-refractivity contribution in [3.05, 3.63) is 95.1 Å². The van der Waals surface area contributed by atoms with Crippen LogP contribution >= 0.6 is 0 Å². The lowest BCUT2D eigenvalue weighted by Crippen LogP contribution is -2.38. The van der Waals surface area contributed by atoms with Gasteiger partial charge < -0.3 is 4.90 Å². The zero-order valence-electron chi connectivity index (χ0n) is 20.7. The summed E-state index contributed by atoms with van der Waals surface area (Å²) in [6.45, 7) is 2.08. The van der Waals surface area contributed by atoms with Gasteiger partial charge in [0.05, 0.1) is 5.69 Å². The molecule has 3 aromatic carbocycles. The molecule has 0 unspecified atom stereocenters. The smallest absolute Gasteiger partial charge is 0.246 e. The highest BCUT2D eigenvalue weighted by atomic mass is 32.2. The summed E-state index contributed by atoms with van der Waals surface area (Å²) >= 11 is 0. The molecule has 0 N–H and O–H groups in total. The van der Waals surface area contributed by atoms with E-state index < -0.39 is 50.6 Å². The molecule has 1 aliphatic heterocycles. The maximum atomic E-state index is 14.6. The molecule has 0 bridgehead atoms. The van der Waals surface area contributed by atoms with E-state index in [1.165, 1.54) is 11.8 Å². The van der Waals surface area contributed by atoms with Gasteiger partial charge in [-0.15, -0.1) is 0 Å². The maximum absolute atomic E-state index is 14.6. The van der Waals surface area contributed by atoms with Crippen molar-refractivity contribution in [2.45, 2.75) is 31.3 Å². The van der Waals surface area contributed by atoms with Crippen LogP contribution in [0, 0.1) is 23.3 Å². The molecule has 0 aliphatic carbocycles. The van der Waals surface area contributed by atoms with E-state index in [0.29, 0.717) is 25.6 Å². The number of halogens is 4. The molecule has 0 saturated heterocycles. The van der Waals surface area contributed by atoms with Gasteiger partial charge in [0.2, 0.25) is 15.9 Å². The third-order valence-electron chi connectivity index (χ3n) is 6.42. The summed E-state index contributed by atoms with van der Waals surface area (Å²) in [6, 6.07) is 13.4. The number of hydrogen-bond donors (Lipinski definition) is 0. The van der Waals surface area contributed by atoms with E-state index in [9.17, 15) is 30.8 Å². The fourth-order valence-electron chi connectivity index (χ4n) is 4.52. The van der Waals surface area contributed by atoms with Gasteiger partial charge in [-0.3, -0.25) is 9.69 Å². The number of hydrogen-bond acceptors (Lipinski definition) is 4. The van der Waals surface area contributed by atoms with Crippen LogP contribution in [-0.4, -0.2) is 49.7 Å². The minimum absolute atomic E-state index is 0.0349. The van der Waals surface area contributed by atoms with E-state index in [2.05, 4.69) is 0 Å². The molecule has 202 valence electrons. The Bertz CT molecular complexity index is 1420. The summed E-state index contributed by atoms with van der Waals surface area (Å²) in [5.74, 6) is -5.03. The summed E-state index contributed by atoms with van der Waals surface area (Å²) in [5.41, 5.74) is 1.06. The van der Waals surface area contributed by atoms with Crippen LogP contribution in [0.1, 0.15) is 24.5 Å². The fourth-order valence-corrected chi connectivity index (χ4v) is 5.97. The molecule has 0 saturated carbocycles. The van der Waals surface area contributed by atoms with Crippen LogP contribution in [0.3, 0.4) is 0 Å². The van der Waals surface area contributed by atoms with Crippen molar-refractivity contribution >= 4 is 21.6 Å².